The molecular formula is C16H19NO3. The molecule has 2 amide bonds. The summed E-state index contributed by atoms with van der Waals surface area (Å²) in [5.74, 6) is 0.00923. The highest BCUT2D eigenvalue weighted by Crippen LogP contribution is 2.43. The molecule has 1 aliphatic heterocycles. The van der Waals surface area contributed by atoms with Gasteiger partial charge in [0.15, 0.2) is 0 Å². The average Bonchev–Trinajstić information content (AvgIpc) is 2.81. The second kappa shape index (κ2) is 4.33. The van der Waals surface area contributed by atoms with E-state index in [0.717, 1.165) is 6.42 Å². The highest BCUT2D eigenvalue weighted by atomic mass is 16.6. The highest BCUT2D eigenvalue weighted by Gasteiger charge is 2.49. The monoisotopic (exact) mass is 273 g/mol. The van der Waals surface area contributed by atoms with Gasteiger partial charge in [0, 0.05) is 12.3 Å². The lowest BCUT2D eigenvalue weighted by atomic mass is 9.98. The van der Waals surface area contributed by atoms with Gasteiger partial charge in [-0.3, -0.25) is 4.79 Å². The molecule has 1 heterocycles. The molecule has 4 heteroatoms. The minimum atomic E-state index is -0.582. The Kier molecular flexibility index (Phi) is 2.85. The van der Waals surface area contributed by atoms with Gasteiger partial charge in [0.25, 0.3) is 0 Å². The molecule has 2 unspecified atom stereocenters. The van der Waals surface area contributed by atoms with Crippen molar-refractivity contribution in [2.24, 2.45) is 0 Å². The summed E-state index contributed by atoms with van der Waals surface area (Å²) >= 11 is 0. The lowest BCUT2D eigenvalue weighted by Crippen LogP contribution is -2.43. The van der Waals surface area contributed by atoms with E-state index in [1.54, 1.807) is 0 Å². The number of amides is 2. The van der Waals surface area contributed by atoms with Crippen molar-refractivity contribution in [1.82, 2.24) is 4.90 Å². The summed E-state index contributed by atoms with van der Waals surface area (Å²) in [6.07, 6.45) is 0.634. The number of likely N-dealkylation sites (tertiary alicyclic amines) is 1. The molecule has 1 saturated heterocycles. The number of nitrogens with zero attached hydrogens (tertiary/aromatic N) is 1. The Morgan fingerprint density at radius 3 is 2.65 bits per heavy atom. The number of fused-ring (bicyclic) bond motifs is 3. The van der Waals surface area contributed by atoms with Crippen molar-refractivity contribution in [3.05, 3.63) is 35.4 Å². The molecule has 2 aliphatic rings. The molecule has 106 valence electrons. The Morgan fingerprint density at radius 2 is 1.95 bits per heavy atom. The molecule has 0 bridgehead atoms. The molecule has 1 fully saturated rings. The van der Waals surface area contributed by atoms with E-state index in [-0.39, 0.29) is 17.9 Å². The Balaban J connectivity index is 1.86. The van der Waals surface area contributed by atoms with Gasteiger partial charge in [0.2, 0.25) is 5.91 Å². The van der Waals surface area contributed by atoms with Crippen molar-refractivity contribution >= 4 is 12.0 Å². The lowest BCUT2D eigenvalue weighted by Gasteiger charge is -2.26. The zero-order valence-corrected chi connectivity index (χ0v) is 12.1. The number of carbonyl (C=O) groups excluding carboxylic acids is 2. The van der Waals surface area contributed by atoms with E-state index in [1.165, 1.54) is 16.0 Å². The largest absolute Gasteiger partial charge is 0.443 e. The SMILES string of the molecule is CC(C)(C)OC(=O)N1C(=O)CC2c3ccccc3CC21. The van der Waals surface area contributed by atoms with Crippen LogP contribution < -0.4 is 0 Å². The molecule has 1 aromatic carbocycles. The summed E-state index contributed by atoms with van der Waals surface area (Å²) in [4.78, 5) is 25.7. The van der Waals surface area contributed by atoms with Crippen molar-refractivity contribution < 1.29 is 14.3 Å². The molecule has 1 aromatic rings. The van der Waals surface area contributed by atoms with E-state index in [9.17, 15) is 9.59 Å². The summed E-state index contributed by atoms with van der Waals surface area (Å²) in [5.41, 5.74) is 1.86. The topological polar surface area (TPSA) is 46.6 Å². The Labute approximate surface area is 118 Å². The average molecular weight is 273 g/mol. The van der Waals surface area contributed by atoms with Crippen LogP contribution in [0, 0.1) is 0 Å². The third-order valence-corrected chi connectivity index (χ3v) is 3.93. The lowest BCUT2D eigenvalue weighted by molar-refractivity contribution is -0.128. The van der Waals surface area contributed by atoms with Gasteiger partial charge in [0.1, 0.15) is 5.60 Å². The minimum Gasteiger partial charge on any atom is -0.443 e. The van der Waals surface area contributed by atoms with E-state index in [1.807, 2.05) is 32.9 Å². The van der Waals surface area contributed by atoms with Crippen LogP contribution in [0.2, 0.25) is 0 Å². The van der Waals surface area contributed by atoms with E-state index in [0.29, 0.717) is 6.42 Å². The molecule has 20 heavy (non-hydrogen) atoms. The van der Waals surface area contributed by atoms with Crippen LogP contribution in [-0.4, -0.2) is 28.5 Å². The molecule has 0 radical (unpaired) electrons. The van der Waals surface area contributed by atoms with Crippen LogP contribution >= 0.6 is 0 Å². The number of hydrogen-bond donors (Lipinski definition) is 0. The number of imide groups is 1. The van der Waals surface area contributed by atoms with E-state index < -0.39 is 11.7 Å². The summed E-state index contributed by atoms with van der Waals surface area (Å²) in [5, 5.41) is 0. The first-order chi connectivity index (χ1) is 9.37. The second-order valence-corrected chi connectivity index (χ2v) is 6.52. The van der Waals surface area contributed by atoms with Crippen LogP contribution in [0.3, 0.4) is 0 Å². The fourth-order valence-corrected chi connectivity index (χ4v) is 3.19. The smallest absolute Gasteiger partial charge is 0.417 e. The molecule has 0 spiro atoms. The second-order valence-electron chi connectivity index (χ2n) is 6.52. The predicted molar refractivity (Wildman–Crippen MR) is 74.4 cm³/mol. The normalized spacial score (nSPS) is 24.6. The molecule has 3 rings (SSSR count). The first kappa shape index (κ1) is 13.2. The minimum absolute atomic E-state index is 0.0743. The van der Waals surface area contributed by atoms with Crippen LogP contribution in [0.4, 0.5) is 4.79 Å². The van der Waals surface area contributed by atoms with Gasteiger partial charge in [-0.2, -0.15) is 0 Å². The molecule has 4 nitrogen and oxygen atoms in total. The quantitative estimate of drug-likeness (QED) is 0.730. The van der Waals surface area contributed by atoms with E-state index in [4.69, 9.17) is 4.74 Å². The zero-order chi connectivity index (χ0) is 14.5. The van der Waals surface area contributed by atoms with Gasteiger partial charge in [-0.25, -0.2) is 9.69 Å². The first-order valence-electron chi connectivity index (χ1n) is 6.99. The number of hydrogen-bond acceptors (Lipinski definition) is 3. The van der Waals surface area contributed by atoms with Crippen LogP contribution in [-0.2, 0) is 16.0 Å². The fourth-order valence-electron chi connectivity index (χ4n) is 3.19. The number of benzene rings is 1. The van der Waals surface area contributed by atoms with E-state index in [2.05, 4.69) is 12.1 Å². The third-order valence-electron chi connectivity index (χ3n) is 3.93. The molecular weight excluding hydrogens is 254 g/mol. The highest BCUT2D eigenvalue weighted by molar-refractivity contribution is 5.95. The Bertz CT molecular complexity index is 573. The maximum Gasteiger partial charge on any atom is 0.417 e. The Morgan fingerprint density at radius 1 is 1.25 bits per heavy atom. The molecule has 2 atom stereocenters. The van der Waals surface area contributed by atoms with Crippen molar-refractivity contribution in [3.8, 4) is 0 Å². The fraction of sp³-hybridized carbons (Fsp3) is 0.500. The van der Waals surface area contributed by atoms with Crippen molar-refractivity contribution in [2.45, 2.75) is 51.2 Å². The maximum atomic E-state index is 12.2. The standard InChI is InChI=1S/C16H19NO3/c1-16(2,3)20-15(19)17-13-8-10-6-4-5-7-11(10)12(13)9-14(17)18/h4-7,12-13H,8-9H2,1-3H3. The van der Waals surface area contributed by atoms with Gasteiger partial charge in [0.05, 0.1) is 6.04 Å². The zero-order valence-electron chi connectivity index (χ0n) is 12.1. The molecule has 0 saturated carbocycles. The molecule has 1 aliphatic carbocycles. The summed E-state index contributed by atoms with van der Waals surface area (Å²) in [7, 11) is 0. The Hall–Kier alpha value is -1.84. The van der Waals surface area contributed by atoms with Crippen molar-refractivity contribution in [3.63, 3.8) is 0 Å². The van der Waals surface area contributed by atoms with Crippen LogP contribution in [0.1, 0.15) is 44.2 Å². The van der Waals surface area contributed by atoms with Gasteiger partial charge < -0.3 is 4.74 Å². The third kappa shape index (κ3) is 2.09. The van der Waals surface area contributed by atoms with Gasteiger partial charge in [-0.15, -0.1) is 0 Å². The first-order valence-corrected chi connectivity index (χ1v) is 6.99. The predicted octanol–water partition coefficient (Wildman–Crippen LogP) is 2.86. The van der Waals surface area contributed by atoms with Crippen LogP contribution in [0.25, 0.3) is 0 Å². The van der Waals surface area contributed by atoms with Gasteiger partial charge in [-0.1, -0.05) is 24.3 Å². The van der Waals surface area contributed by atoms with Gasteiger partial charge in [-0.05, 0) is 38.3 Å². The summed E-state index contributed by atoms with van der Waals surface area (Å²) in [6.45, 7) is 5.44. The maximum absolute atomic E-state index is 12.2. The van der Waals surface area contributed by atoms with Crippen molar-refractivity contribution in [1.29, 1.82) is 0 Å². The van der Waals surface area contributed by atoms with E-state index >= 15 is 0 Å². The van der Waals surface area contributed by atoms with Crippen LogP contribution in [0.15, 0.2) is 24.3 Å². The van der Waals surface area contributed by atoms with Gasteiger partial charge >= 0.3 is 6.09 Å². The number of carbonyl (C=O) groups is 2. The summed E-state index contributed by atoms with van der Waals surface area (Å²) in [6, 6.07) is 8.05. The molecule has 0 N–H and O–H groups in total. The number of rotatable bonds is 0. The molecule has 0 aromatic heterocycles. The number of ether oxygens (including phenoxy) is 1. The van der Waals surface area contributed by atoms with Crippen LogP contribution in [0.5, 0.6) is 0 Å². The summed E-state index contributed by atoms with van der Waals surface area (Å²) < 4.78 is 5.37. The van der Waals surface area contributed by atoms with Crippen molar-refractivity contribution in [2.75, 3.05) is 0 Å².